The smallest absolute Gasteiger partial charge is 0.0902 e. The van der Waals surface area contributed by atoms with Crippen LogP contribution >= 0.6 is 0 Å². The maximum atomic E-state index is 12.5. The molecule has 0 radical (unpaired) electrons. The Morgan fingerprint density at radius 1 is 1.24 bits per heavy atom. The molecule has 1 heteroatoms. The molecule has 0 saturated heterocycles. The summed E-state index contributed by atoms with van der Waals surface area (Å²) in [6, 6.07) is 8.51. The van der Waals surface area contributed by atoms with Gasteiger partial charge in [-0.1, -0.05) is 55.0 Å². The van der Waals surface area contributed by atoms with Crippen LogP contribution in [0.4, 0.5) is 4.39 Å². The van der Waals surface area contributed by atoms with Gasteiger partial charge in [0.25, 0.3) is 0 Å². The highest BCUT2D eigenvalue weighted by Crippen LogP contribution is 2.29. The van der Waals surface area contributed by atoms with Crippen molar-refractivity contribution >= 4 is 0 Å². The van der Waals surface area contributed by atoms with Crippen molar-refractivity contribution in [2.75, 3.05) is 0 Å². The van der Waals surface area contributed by atoms with E-state index >= 15 is 0 Å². The lowest BCUT2D eigenvalue weighted by molar-refractivity contribution is 0.708. The van der Waals surface area contributed by atoms with Gasteiger partial charge in [0.15, 0.2) is 0 Å². The van der Waals surface area contributed by atoms with Crippen LogP contribution in [0.5, 0.6) is 0 Å². The Morgan fingerprint density at radius 3 is 2.59 bits per heavy atom. The van der Waals surface area contributed by atoms with Crippen LogP contribution in [-0.4, -0.2) is 0 Å². The fourth-order valence-electron chi connectivity index (χ4n) is 2.05. The van der Waals surface area contributed by atoms with E-state index in [0.29, 0.717) is 18.7 Å². The number of hydrogen-bond acceptors (Lipinski definition) is 0. The van der Waals surface area contributed by atoms with Crippen molar-refractivity contribution in [1.29, 1.82) is 0 Å². The van der Waals surface area contributed by atoms with Crippen molar-refractivity contribution in [2.24, 2.45) is 0 Å². The van der Waals surface area contributed by atoms with Crippen molar-refractivity contribution < 1.29 is 4.39 Å². The van der Waals surface area contributed by atoms with Crippen LogP contribution in [0.25, 0.3) is 0 Å². The van der Waals surface area contributed by atoms with E-state index in [1.54, 1.807) is 0 Å². The van der Waals surface area contributed by atoms with Crippen LogP contribution in [0.3, 0.4) is 0 Å². The summed E-state index contributed by atoms with van der Waals surface area (Å²) in [5.74, 6) is 0.307. The molecule has 0 spiro atoms. The first-order valence-corrected chi connectivity index (χ1v) is 5.94. The number of aryl methyl sites for hydroxylation is 1. The van der Waals surface area contributed by atoms with Crippen molar-refractivity contribution in [3.8, 4) is 0 Å². The van der Waals surface area contributed by atoms with E-state index < -0.39 is 0 Å². The lowest BCUT2D eigenvalue weighted by Crippen LogP contribution is -1.99. The molecule has 1 atom stereocenters. The SMILES string of the molecule is Cc1ccc(C(C)C2=C/C(=C/F)CC=C2)cc1. The molecule has 2 rings (SSSR count). The summed E-state index contributed by atoms with van der Waals surface area (Å²) in [6.45, 7) is 4.24. The maximum Gasteiger partial charge on any atom is 0.0902 e. The number of rotatable bonds is 2. The molecule has 0 aromatic heterocycles. The Hall–Kier alpha value is -1.63. The van der Waals surface area contributed by atoms with E-state index in [9.17, 15) is 4.39 Å². The average molecular weight is 228 g/mol. The van der Waals surface area contributed by atoms with Gasteiger partial charge >= 0.3 is 0 Å². The van der Waals surface area contributed by atoms with Crippen LogP contribution in [0.2, 0.25) is 0 Å². The Morgan fingerprint density at radius 2 is 1.94 bits per heavy atom. The monoisotopic (exact) mass is 228 g/mol. The number of allylic oxidation sites excluding steroid dienone is 5. The molecule has 0 saturated carbocycles. The zero-order valence-corrected chi connectivity index (χ0v) is 10.3. The summed E-state index contributed by atoms with van der Waals surface area (Å²) in [7, 11) is 0. The highest BCUT2D eigenvalue weighted by atomic mass is 19.1. The zero-order valence-electron chi connectivity index (χ0n) is 10.3. The van der Waals surface area contributed by atoms with E-state index in [-0.39, 0.29) is 0 Å². The van der Waals surface area contributed by atoms with E-state index in [1.165, 1.54) is 16.7 Å². The third kappa shape index (κ3) is 2.73. The molecule has 0 bridgehead atoms. The van der Waals surface area contributed by atoms with E-state index in [2.05, 4.69) is 44.2 Å². The van der Waals surface area contributed by atoms with Gasteiger partial charge in [0, 0.05) is 5.92 Å². The molecule has 0 amide bonds. The largest absolute Gasteiger partial charge is 0.215 e. The molecule has 0 heterocycles. The minimum Gasteiger partial charge on any atom is -0.215 e. The van der Waals surface area contributed by atoms with E-state index in [0.717, 1.165) is 5.57 Å². The maximum absolute atomic E-state index is 12.5. The first-order valence-electron chi connectivity index (χ1n) is 5.94. The summed E-state index contributed by atoms with van der Waals surface area (Å²) >= 11 is 0. The summed E-state index contributed by atoms with van der Waals surface area (Å²) in [5.41, 5.74) is 4.45. The molecular weight excluding hydrogens is 211 g/mol. The van der Waals surface area contributed by atoms with E-state index in [1.807, 2.05) is 12.2 Å². The van der Waals surface area contributed by atoms with Gasteiger partial charge in [-0.3, -0.25) is 0 Å². The first-order chi connectivity index (χ1) is 8.20. The quantitative estimate of drug-likeness (QED) is 0.679. The second-order valence-corrected chi connectivity index (χ2v) is 4.57. The standard InChI is InChI=1S/C16H17F/c1-12-6-8-15(9-7-12)13(2)16-5-3-4-14(10-16)11-17/h3,5-11,13H,4H2,1-2H3/b14-11+. The fraction of sp³-hybridized carbons (Fsp3) is 0.250. The number of hydrogen-bond donors (Lipinski definition) is 0. The molecule has 1 aromatic carbocycles. The molecule has 0 fully saturated rings. The van der Waals surface area contributed by atoms with Gasteiger partial charge in [0.05, 0.1) is 6.33 Å². The lowest BCUT2D eigenvalue weighted by atomic mass is 9.88. The van der Waals surface area contributed by atoms with Gasteiger partial charge in [-0.15, -0.1) is 0 Å². The Balaban J connectivity index is 2.25. The van der Waals surface area contributed by atoms with Crippen molar-refractivity contribution in [1.82, 2.24) is 0 Å². The van der Waals surface area contributed by atoms with E-state index in [4.69, 9.17) is 0 Å². The molecule has 1 aliphatic rings. The van der Waals surface area contributed by atoms with Crippen molar-refractivity contribution in [2.45, 2.75) is 26.2 Å². The van der Waals surface area contributed by atoms with Crippen molar-refractivity contribution in [3.05, 3.63) is 71.1 Å². The number of halogens is 1. The average Bonchev–Trinajstić information content (AvgIpc) is 2.39. The minimum absolute atomic E-state index is 0.307. The molecule has 0 nitrogen and oxygen atoms in total. The predicted octanol–water partition coefficient (Wildman–Crippen LogP) is 4.84. The third-order valence-electron chi connectivity index (χ3n) is 3.23. The highest BCUT2D eigenvalue weighted by molar-refractivity contribution is 5.42. The summed E-state index contributed by atoms with van der Waals surface area (Å²) in [5, 5.41) is 0. The predicted molar refractivity (Wildman–Crippen MR) is 70.6 cm³/mol. The first kappa shape index (κ1) is 11.8. The lowest BCUT2D eigenvalue weighted by Gasteiger charge is -2.17. The summed E-state index contributed by atoms with van der Waals surface area (Å²) in [6.07, 6.45) is 7.46. The Labute approximate surface area is 102 Å². The van der Waals surface area contributed by atoms with Crippen LogP contribution < -0.4 is 0 Å². The second kappa shape index (κ2) is 5.13. The number of benzene rings is 1. The van der Waals surface area contributed by atoms with Gasteiger partial charge in [0.2, 0.25) is 0 Å². The summed E-state index contributed by atoms with van der Waals surface area (Å²) in [4.78, 5) is 0. The molecule has 1 unspecified atom stereocenters. The normalized spacial score (nSPS) is 19.2. The molecule has 1 aliphatic carbocycles. The highest BCUT2D eigenvalue weighted by Gasteiger charge is 2.11. The minimum atomic E-state index is 0.307. The molecule has 1 aromatic rings. The molecule has 0 N–H and O–H groups in total. The topological polar surface area (TPSA) is 0 Å². The molecular formula is C16H17F. The summed E-state index contributed by atoms with van der Waals surface area (Å²) < 4.78 is 12.5. The van der Waals surface area contributed by atoms with Crippen LogP contribution in [-0.2, 0) is 0 Å². The second-order valence-electron chi connectivity index (χ2n) is 4.57. The van der Waals surface area contributed by atoms with Gasteiger partial charge in [-0.2, -0.15) is 0 Å². The van der Waals surface area contributed by atoms with Crippen LogP contribution in [0.1, 0.15) is 30.4 Å². The van der Waals surface area contributed by atoms with Crippen LogP contribution in [0, 0.1) is 6.92 Å². The Bertz CT molecular complexity index is 475. The molecule has 0 aliphatic heterocycles. The molecule has 17 heavy (non-hydrogen) atoms. The fourth-order valence-corrected chi connectivity index (χ4v) is 2.05. The molecule has 88 valence electrons. The Kier molecular flexibility index (Phi) is 3.58. The van der Waals surface area contributed by atoms with Gasteiger partial charge < -0.3 is 0 Å². The zero-order chi connectivity index (χ0) is 12.3. The van der Waals surface area contributed by atoms with Gasteiger partial charge in [-0.05, 0) is 30.1 Å². The van der Waals surface area contributed by atoms with Crippen molar-refractivity contribution in [3.63, 3.8) is 0 Å². The third-order valence-corrected chi connectivity index (χ3v) is 3.23. The van der Waals surface area contributed by atoms with Crippen LogP contribution in [0.15, 0.2) is 60.0 Å². The van der Waals surface area contributed by atoms with Gasteiger partial charge in [0.1, 0.15) is 0 Å². The van der Waals surface area contributed by atoms with Gasteiger partial charge in [-0.25, -0.2) is 4.39 Å².